The third-order valence-corrected chi connectivity index (χ3v) is 8.93. The van der Waals surface area contributed by atoms with E-state index < -0.39 is 17.9 Å². The first-order valence-electron chi connectivity index (χ1n) is 18.0. The average molecular weight is 865 g/mol. The van der Waals surface area contributed by atoms with Gasteiger partial charge in [0.2, 0.25) is 5.82 Å². The highest BCUT2D eigenvalue weighted by Gasteiger charge is 2.26. The van der Waals surface area contributed by atoms with Crippen molar-refractivity contribution in [3.05, 3.63) is 52.4 Å². The number of esters is 3. The lowest BCUT2D eigenvalue weighted by molar-refractivity contribution is 0.0592. The van der Waals surface area contributed by atoms with E-state index in [4.69, 9.17) is 31.4 Å². The maximum absolute atomic E-state index is 12.3. The molecule has 30 heteroatoms. The van der Waals surface area contributed by atoms with Gasteiger partial charge in [-0.25, -0.2) is 23.7 Å². The Morgan fingerprint density at radius 2 is 0.873 bits per heavy atom. The molecule has 324 valence electrons. The molecule has 7 rings (SSSR count). The number of nitrogens with two attached hydrogens (primary N) is 3. The zero-order chi connectivity index (χ0) is 45.4. The first-order valence-corrected chi connectivity index (χ1v) is 18.0. The SMILES string of the molecule is COC(=O)c1cn(C)nc1/N=N/c1c(C)nn(-c2nc(-n3nc(C)c(/N=N/c4c(C(=O)OC)cnn4C)c3N)nc(-n3nc(C)c(/N=N/c4c(C(=O)OC)cnn4C)c3N)n2)c1N. The number of azo groups is 3. The number of aromatic nitrogens is 15. The number of nitrogen functional groups attached to an aromatic ring is 3. The number of hydrogen-bond acceptors (Lipinski definition) is 24. The van der Waals surface area contributed by atoms with Gasteiger partial charge in [0.1, 0.15) is 16.7 Å². The minimum Gasteiger partial charge on any atom is -0.465 e. The Morgan fingerprint density at radius 1 is 0.524 bits per heavy atom. The van der Waals surface area contributed by atoms with E-state index in [1.54, 1.807) is 41.9 Å². The number of hydrogen-bond donors (Lipinski definition) is 3. The van der Waals surface area contributed by atoms with Gasteiger partial charge in [-0.3, -0.25) is 4.68 Å². The molecular formula is C33H36N24O6. The van der Waals surface area contributed by atoms with Crippen LogP contribution in [0.1, 0.15) is 48.2 Å². The van der Waals surface area contributed by atoms with Crippen molar-refractivity contribution in [2.24, 2.45) is 51.8 Å². The molecule has 0 spiro atoms. The van der Waals surface area contributed by atoms with E-state index in [9.17, 15) is 14.4 Å². The van der Waals surface area contributed by atoms with Crippen LogP contribution in [-0.4, -0.2) is 113 Å². The van der Waals surface area contributed by atoms with Crippen molar-refractivity contribution < 1.29 is 28.6 Å². The van der Waals surface area contributed by atoms with Crippen LogP contribution >= 0.6 is 0 Å². The van der Waals surface area contributed by atoms with Gasteiger partial charge < -0.3 is 31.4 Å². The first kappa shape index (κ1) is 42.0. The number of methoxy groups -OCH3 is 3. The largest absolute Gasteiger partial charge is 0.465 e. The maximum atomic E-state index is 12.3. The van der Waals surface area contributed by atoms with E-state index in [0.717, 1.165) is 14.0 Å². The van der Waals surface area contributed by atoms with E-state index in [0.29, 0.717) is 0 Å². The van der Waals surface area contributed by atoms with Crippen LogP contribution in [0.15, 0.2) is 49.3 Å². The predicted molar refractivity (Wildman–Crippen MR) is 215 cm³/mol. The summed E-state index contributed by atoms with van der Waals surface area (Å²) in [6, 6.07) is 0. The van der Waals surface area contributed by atoms with Crippen LogP contribution in [0.25, 0.3) is 17.8 Å². The van der Waals surface area contributed by atoms with E-state index in [1.807, 2.05) is 0 Å². The van der Waals surface area contributed by atoms with Gasteiger partial charge in [0, 0.05) is 27.3 Å². The number of carbonyl (C=O) groups is 3. The Morgan fingerprint density at radius 3 is 1.24 bits per heavy atom. The quantitative estimate of drug-likeness (QED) is 0.0902. The van der Waals surface area contributed by atoms with Crippen LogP contribution in [0.5, 0.6) is 0 Å². The fourth-order valence-electron chi connectivity index (χ4n) is 5.77. The Kier molecular flexibility index (Phi) is 11.0. The Labute approximate surface area is 353 Å². The molecule has 7 aromatic heterocycles. The zero-order valence-electron chi connectivity index (χ0n) is 34.8. The van der Waals surface area contributed by atoms with Crippen LogP contribution in [-0.2, 0) is 35.4 Å². The molecule has 63 heavy (non-hydrogen) atoms. The summed E-state index contributed by atoms with van der Waals surface area (Å²) in [5.41, 5.74) is 21.1. The summed E-state index contributed by atoms with van der Waals surface area (Å²) in [7, 11) is 8.40. The first-order chi connectivity index (χ1) is 30.1. The Bertz CT molecular complexity index is 2910. The second-order valence-electron chi connectivity index (χ2n) is 13.1. The fraction of sp³-hybridized carbons (Fsp3) is 0.273. The van der Waals surface area contributed by atoms with Gasteiger partial charge in [0.25, 0.3) is 17.8 Å². The molecule has 0 saturated carbocycles. The number of ether oxygens (including phenoxy) is 3. The fourth-order valence-corrected chi connectivity index (χ4v) is 5.77. The lowest BCUT2D eigenvalue weighted by atomic mass is 10.3. The van der Waals surface area contributed by atoms with Gasteiger partial charge in [-0.1, -0.05) is 0 Å². The van der Waals surface area contributed by atoms with E-state index in [-0.39, 0.29) is 104 Å². The molecule has 7 aromatic rings. The van der Waals surface area contributed by atoms with Crippen molar-refractivity contribution in [1.82, 2.24) is 73.6 Å². The summed E-state index contributed by atoms with van der Waals surface area (Å²) in [5.74, 6) is -2.77. The Balaban J connectivity index is 1.36. The van der Waals surface area contributed by atoms with Crippen LogP contribution < -0.4 is 17.2 Å². The van der Waals surface area contributed by atoms with Crippen molar-refractivity contribution in [1.29, 1.82) is 0 Å². The van der Waals surface area contributed by atoms with Gasteiger partial charge in [-0.05, 0) is 20.8 Å². The minimum absolute atomic E-state index is 0.0366. The molecule has 0 unspecified atom stereocenters. The molecule has 0 aliphatic carbocycles. The molecule has 0 saturated heterocycles. The second kappa shape index (κ2) is 16.5. The monoisotopic (exact) mass is 864 g/mol. The van der Waals surface area contributed by atoms with E-state index in [1.165, 1.54) is 54.0 Å². The minimum atomic E-state index is -0.677. The van der Waals surface area contributed by atoms with Gasteiger partial charge in [-0.2, -0.15) is 59.6 Å². The Hall–Kier alpha value is -9.12. The van der Waals surface area contributed by atoms with Crippen LogP contribution in [0.2, 0.25) is 0 Å². The summed E-state index contributed by atoms with van der Waals surface area (Å²) in [6.07, 6.45) is 4.00. The van der Waals surface area contributed by atoms with Crippen LogP contribution in [0.4, 0.5) is 52.0 Å². The third-order valence-electron chi connectivity index (χ3n) is 8.93. The highest BCUT2D eigenvalue weighted by atomic mass is 16.5. The smallest absolute Gasteiger partial charge is 0.343 e. The lowest BCUT2D eigenvalue weighted by Gasteiger charge is -2.09. The summed E-state index contributed by atoms with van der Waals surface area (Å²) in [6.45, 7) is 4.81. The molecule has 0 aliphatic heterocycles. The van der Waals surface area contributed by atoms with Crippen molar-refractivity contribution in [2.45, 2.75) is 20.8 Å². The number of anilines is 3. The molecular weight excluding hydrogens is 829 g/mol. The van der Waals surface area contributed by atoms with Crippen LogP contribution in [0, 0.1) is 20.8 Å². The molecule has 0 radical (unpaired) electrons. The molecule has 0 fully saturated rings. The number of aryl methyl sites for hydroxylation is 6. The molecule has 0 bridgehead atoms. The standard InChI is InChI=1S/C33H36N24O6/c1-13-19(42-45-25-18(30(60)63-9)12-52(4)51-25)22(34)55(48-13)31-39-32(56-23(35)20(14(2)49-56)43-46-26-16(28(58)61-7)10-37-53(26)5)41-33(40-31)57-24(36)21(15(3)50-57)44-47-27-17(29(59)62-8)11-38-54(27)6/h10-12H,34-36H2,1-9H3/b45-42+,46-43+,47-44+. The predicted octanol–water partition coefficient (Wildman–Crippen LogP) is 2.91. The van der Waals surface area contributed by atoms with Gasteiger partial charge in [-0.15, -0.1) is 30.7 Å². The van der Waals surface area contributed by atoms with Crippen molar-refractivity contribution in [2.75, 3.05) is 38.5 Å². The van der Waals surface area contributed by atoms with Crippen LogP contribution in [0.3, 0.4) is 0 Å². The topological polar surface area (TPSA) is 377 Å². The number of rotatable bonds is 12. The second-order valence-corrected chi connectivity index (χ2v) is 13.1. The molecule has 30 nitrogen and oxygen atoms in total. The molecule has 0 atom stereocenters. The molecule has 7 heterocycles. The number of nitrogens with zero attached hydrogens (tertiary/aromatic N) is 21. The van der Waals surface area contributed by atoms with E-state index in [2.05, 4.69) is 76.2 Å². The summed E-state index contributed by atoms with van der Waals surface area (Å²) in [4.78, 5) is 50.8. The molecule has 0 aliphatic rings. The average Bonchev–Trinajstić information content (AvgIpc) is 4.11. The van der Waals surface area contributed by atoms with Gasteiger partial charge >= 0.3 is 17.9 Å². The summed E-state index contributed by atoms with van der Waals surface area (Å²) >= 11 is 0. The highest BCUT2D eigenvalue weighted by molar-refractivity contribution is 5.94. The van der Waals surface area contributed by atoms with Crippen molar-refractivity contribution >= 4 is 69.9 Å². The zero-order valence-corrected chi connectivity index (χ0v) is 34.8. The van der Waals surface area contributed by atoms with Gasteiger partial charge in [0.05, 0.1) is 50.8 Å². The third kappa shape index (κ3) is 7.64. The van der Waals surface area contributed by atoms with Crippen molar-refractivity contribution in [3.63, 3.8) is 0 Å². The maximum Gasteiger partial charge on any atom is 0.343 e. The molecule has 6 N–H and O–H groups in total. The summed E-state index contributed by atoms with van der Waals surface area (Å²) in [5, 5.41) is 51.2. The van der Waals surface area contributed by atoms with Crippen molar-refractivity contribution in [3.8, 4) is 17.8 Å². The molecule has 0 amide bonds. The lowest BCUT2D eigenvalue weighted by Crippen LogP contribution is -2.17. The number of carbonyl (C=O) groups excluding carboxylic acids is 3. The normalized spacial score (nSPS) is 11.8. The summed E-state index contributed by atoms with van der Waals surface area (Å²) < 4.78 is 22.0. The van der Waals surface area contributed by atoms with Gasteiger partial charge in [0.15, 0.2) is 46.2 Å². The van der Waals surface area contributed by atoms with E-state index >= 15 is 0 Å². The molecule has 0 aromatic carbocycles. The highest BCUT2D eigenvalue weighted by Crippen LogP contribution is 2.35.